The molecule has 3 N–H and O–H groups in total. The number of rotatable bonds is 15. The van der Waals surface area contributed by atoms with Crippen LogP contribution in [-0.2, 0) is 20.8 Å². The van der Waals surface area contributed by atoms with Crippen LogP contribution in [0.2, 0.25) is 0 Å². The molecule has 0 bridgehead atoms. The quantitative estimate of drug-likeness (QED) is 0.345. The van der Waals surface area contributed by atoms with Crippen molar-refractivity contribution in [2.24, 2.45) is 0 Å². The Labute approximate surface area is 189 Å². The molecule has 9 nitrogen and oxygen atoms in total. The van der Waals surface area contributed by atoms with Gasteiger partial charge < -0.3 is 15.5 Å². The van der Waals surface area contributed by atoms with Gasteiger partial charge in [0, 0.05) is 13.0 Å². The molecule has 0 aliphatic rings. The second-order valence-electron chi connectivity index (χ2n) is 8.39. The van der Waals surface area contributed by atoms with Crippen LogP contribution in [0, 0.1) is 0 Å². The van der Waals surface area contributed by atoms with Crippen molar-refractivity contribution < 1.29 is 29.4 Å². The zero-order valence-electron chi connectivity index (χ0n) is 19.5. The third-order valence-corrected chi connectivity index (χ3v) is 5.21. The molecule has 1 aromatic rings. The van der Waals surface area contributed by atoms with Gasteiger partial charge in [-0.05, 0) is 59.1 Å². The van der Waals surface area contributed by atoms with Crippen molar-refractivity contribution in [1.29, 1.82) is 0 Å². The van der Waals surface area contributed by atoms with Crippen LogP contribution < -0.4 is 5.32 Å². The van der Waals surface area contributed by atoms with Crippen LogP contribution in [0.15, 0.2) is 24.3 Å². The number of carbonyl (C=O) groups is 4. The molecule has 178 valence electrons. The van der Waals surface area contributed by atoms with Gasteiger partial charge in [-0.15, -0.1) is 0 Å². The number of Topliss-reactive ketones (excluding diaryl/α,β-unsaturated/α-hetero) is 3. The largest absolute Gasteiger partial charge is 0.478 e. The van der Waals surface area contributed by atoms with Crippen molar-refractivity contribution in [3.8, 4) is 0 Å². The molecule has 0 aliphatic heterocycles. The molecule has 9 heteroatoms. The highest BCUT2D eigenvalue weighted by molar-refractivity contribution is 5.88. The summed E-state index contributed by atoms with van der Waals surface area (Å²) < 4.78 is 0. The minimum absolute atomic E-state index is 0.00371. The fourth-order valence-corrected chi connectivity index (χ4v) is 3.49. The summed E-state index contributed by atoms with van der Waals surface area (Å²) in [6.45, 7) is 3.53. The molecule has 0 aliphatic carbocycles. The lowest BCUT2D eigenvalue weighted by atomic mass is 10.0. The number of likely N-dealkylation sites (N-methyl/N-ethyl adjacent to an activating group) is 2. The maximum absolute atomic E-state index is 12.3. The first-order chi connectivity index (χ1) is 14.9. The van der Waals surface area contributed by atoms with Gasteiger partial charge in [0.2, 0.25) is 0 Å². The van der Waals surface area contributed by atoms with Crippen molar-refractivity contribution >= 4 is 23.3 Å². The third kappa shape index (κ3) is 9.35. The van der Waals surface area contributed by atoms with E-state index in [0.717, 1.165) is 5.56 Å². The molecule has 0 heterocycles. The molecule has 0 spiro atoms. The molecular formula is C23H35N3O6. The van der Waals surface area contributed by atoms with E-state index in [1.165, 1.54) is 19.1 Å². The number of carbonyl (C=O) groups excluding carboxylic acids is 3. The topological polar surface area (TPSA) is 127 Å². The molecular weight excluding hydrogens is 414 g/mol. The van der Waals surface area contributed by atoms with E-state index in [9.17, 15) is 24.3 Å². The highest BCUT2D eigenvalue weighted by atomic mass is 16.4. The highest BCUT2D eigenvalue weighted by Crippen LogP contribution is 2.08. The molecule has 1 rings (SSSR count). The van der Waals surface area contributed by atoms with Gasteiger partial charge >= 0.3 is 5.97 Å². The summed E-state index contributed by atoms with van der Waals surface area (Å²) in [6, 6.07) is 5.13. The Balaban J connectivity index is 2.51. The number of nitrogens with zero attached hydrogens (tertiary/aromatic N) is 2. The van der Waals surface area contributed by atoms with Gasteiger partial charge in [0.25, 0.3) is 0 Å². The maximum Gasteiger partial charge on any atom is 0.335 e. The van der Waals surface area contributed by atoms with Crippen LogP contribution in [-0.4, -0.2) is 102 Å². The highest BCUT2D eigenvalue weighted by Gasteiger charge is 2.25. The molecule has 0 saturated carbocycles. The molecule has 32 heavy (non-hydrogen) atoms. The fraction of sp³-hybridized carbons (Fsp3) is 0.565. The van der Waals surface area contributed by atoms with Gasteiger partial charge in [-0.3, -0.25) is 24.2 Å². The summed E-state index contributed by atoms with van der Waals surface area (Å²) in [6.07, 6.45) is -0.219. The Morgan fingerprint density at radius 2 is 1.66 bits per heavy atom. The smallest absolute Gasteiger partial charge is 0.335 e. The molecule has 0 aromatic heterocycles. The Morgan fingerprint density at radius 1 is 1.06 bits per heavy atom. The minimum atomic E-state index is -1.02. The zero-order valence-corrected chi connectivity index (χ0v) is 19.5. The molecule has 0 amide bonds. The van der Waals surface area contributed by atoms with Gasteiger partial charge in [0.1, 0.15) is 5.78 Å². The first kappa shape index (κ1) is 27.6. The number of aromatic carboxylic acids is 1. The van der Waals surface area contributed by atoms with E-state index in [4.69, 9.17) is 5.11 Å². The number of ketones is 3. The Bertz CT molecular complexity index is 783. The predicted octanol–water partition coefficient (Wildman–Crippen LogP) is 0.246. The van der Waals surface area contributed by atoms with Crippen molar-refractivity contribution in [2.75, 3.05) is 40.8 Å². The standard InChI is InChI=1S/C23H35N3O6/c1-15(27)20(12-17-6-8-18(9-7-17)23(31)32)24-13-19(29)14-26(5)11-10-21(30)22(16(2)28)25(3)4/h6-9,16,20,22,24,28H,10-14H2,1-5H3,(H,31,32)/t16-,20+,22+/m1/s1. The Morgan fingerprint density at radius 3 is 2.12 bits per heavy atom. The van der Waals surface area contributed by atoms with Crippen LogP contribution in [0.4, 0.5) is 0 Å². The van der Waals surface area contributed by atoms with Crippen molar-refractivity contribution in [3.63, 3.8) is 0 Å². The number of hydrogen-bond donors (Lipinski definition) is 3. The SMILES string of the molecule is CC(=O)[C@H](Cc1ccc(C(=O)O)cc1)NCC(=O)CN(C)CCC(=O)[C@H]([C@@H](C)O)N(C)C. The normalized spacial score (nSPS) is 14.2. The summed E-state index contributed by atoms with van der Waals surface area (Å²) in [5.41, 5.74) is 0.961. The molecule has 0 fully saturated rings. The van der Waals surface area contributed by atoms with E-state index in [-0.39, 0.29) is 42.4 Å². The van der Waals surface area contributed by atoms with E-state index in [1.54, 1.807) is 50.0 Å². The number of hydrogen-bond acceptors (Lipinski definition) is 8. The van der Waals surface area contributed by atoms with Gasteiger partial charge in [-0.2, -0.15) is 0 Å². The number of carboxylic acid groups (broad SMARTS) is 1. The molecule has 1 aromatic carbocycles. The average Bonchev–Trinajstić information content (AvgIpc) is 2.69. The summed E-state index contributed by atoms with van der Waals surface area (Å²) in [5, 5.41) is 21.7. The number of carboxylic acids is 1. The van der Waals surface area contributed by atoms with E-state index < -0.39 is 24.2 Å². The monoisotopic (exact) mass is 449 g/mol. The van der Waals surface area contributed by atoms with Crippen LogP contribution in [0.25, 0.3) is 0 Å². The van der Waals surface area contributed by atoms with E-state index in [0.29, 0.717) is 13.0 Å². The van der Waals surface area contributed by atoms with Crippen molar-refractivity contribution in [1.82, 2.24) is 15.1 Å². The lowest BCUT2D eigenvalue weighted by Crippen LogP contribution is -2.45. The van der Waals surface area contributed by atoms with Crippen LogP contribution in [0.3, 0.4) is 0 Å². The Hall–Kier alpha value is -2.46. The molecule has 0 radical (unpaired) electrons. The number of aliphatic hydroxyl groups excluding tert-OH is 1. The zero-order chi connectivity index (χ0) is 24.4. The predicted molar refractivity (Wildman–Crippen MR) is 121 cm³/mol. The first-order valence-electron chi connectivity index (χ1n) is 10.6. The molecule has 0 unspecified atom stereocenters. The van der Waals surface area contributed by atoms with Crippen LogP contribution in [0.5, 0.6) is 0 Å². The van der Waals surface area contributed by atoms with Gasteiger partial charge in [-0.25, -0.2) is 4.79 Å². The summed E-state index contributed by atoms with van der Waals surface area (Å²) in [7, 11) is 5.21. The van der Waals surface area contributed by atoms with E-state index >= 15 is 0 Å². The minimum Gasteiger partial charge on any atom is -0.478 e. The lowest BCUT2D eigenvalue weighted by Gasteiger charge is -2.26. The number of aliphatic hydroxyl groups is 1. The van der Waals surface area contributed by atoms with Crippen LogP contribution >= 0.6 is 0 Å². The van der Waals surface area contributed by atoms with Crippen molar-refractivity contribution in [2.45, 2.75) is 44.9 Å². The Kier molecular flexibility index (Phi) is 11.3. The summed E-state index contributed by atoms with van der Waals surface area (Å²) in [5.74, 6) is -1.34. The summed E-state index contributed by atoms with van der Waals surface area (Å²) in [4.78, 5) is 51.0. The number of nitrogens with one attached hydrogen (secondary N) is 1. The van der Waals surface area contributed by atoms with E-state index in [1.807, 2.05) is 0 Å². The van der Waals surface area contributed by atoms with Gasteiger partial charge in [-0.1, -0.05) is 12.1 Å². The average molecular weight is 450 g/mol. The maximum atomic E-state index is 12.3. The van der Waals surface area contributed by atoms with Crippen molar-refractivity contribution in [3.05, 3.63) is 35.4 Å². The van der Waals surface area contributed by atoms with E-state index in [2.05, 4.69) is 5.32 Å². The summed E-state index contributed by atoms with van der Waals surface area (Å²) >= 11 is 0. The van der Waals surface area contributed by atoms with Gasteiger partial charge in [0.15, 0.2) is 11.6 Å². The third-order valence-electron chi connectivity index (χ3n) is 5.21. The van der Waals surface area contributed by atoms with Crippen LogP contribution in [0.1, 0.15) is 36.2 Å². The lowest BCUT2D eigenvalue weighted by molar-refractivity contribution is -0.127. The number of benzene rings is 1. The second kappa shape index (κ2) is 13.2. The first-order valence-corrected chi connectivity index (χ1v) is 10.6. The second-order valence-corrected chi connectivity index (χ2v) is 8.39. The fourth-order valence-electron chi connectivity index (χ4n) is 3.49. The molecule has 3 atom stereocenters. The molecule has 0 saturated heterocycles. The van der Waals surface area contributed by atoms with Gasteiger partial charge in [0.05, 0.1) is 36.8 Å².